The van der Waals surface area contributed by atoms with E-state index in [0.717, 1.165) is 19.3 Å². The molecule has 4 heteroatoms. The molecule has 16 heavy (non-hydrogen) atoms. The minimum Gasteiger partial charge on any atom is -0.391 e. The highest BCUT2D eigenvalue weighted by Crippen LogP contribution is 2.47. The van der Waals surface area contributed by atoms with E-state index in [4.69, 9.17) is 9.84 Å². The molecule has 96 valence electrons. The molecule has 0 saturated carbocycles. The summed E-state index contributed by atoms with van der Waals surface area (Å²) in [5, 5.41) is 28.1. The van der Waals surface area contributed by atoms with Crippen molar-refractivity contribution in [1.29, 1.82) is 0 Å². The third-order valence-corrected chi connectivity index (χ3v) is 3.56. The van der Waals surface area contributed by atoms with Gasteiger partial charge >= 0.3 is 0 Å². The molecule has 1 saturated heterocycles. The van der Waals surface area contributed by atoms with E-state index in [2.05, 4.69) is 13.8 Å². The van der Waals surface area contributed by atoms with Crippen LogP contribution in [0.15, 0.2) is 0 Å². The smallest absolute Gasteiger partial charge is 0.247 e. The van der Waals surface area contributed by atoms with E-state index in [1.54, 1.807) is 0 Å². The molecule has 3 unspecified atom stereocenters. The highest BCUT2D eigenvalue weighted by atomic mass is 16.8. The first-order chi connectivity index (χ1) is 7.51. The van der Waals surface area contributed by atoms with E-state index in [9.17, 15) is 10.2 Å². The van der Waals surface area contributed by atoms with Crippen LogP contribution in [0.2, 0.25) is 0 Å². The zero-order valence-corrected chi connectivity index (χ0v) is 10.3. The van der Waals surface area contributed by atoms with Gasteiger partial charge in [-0.25, -0.2) is 0 Å². The molecule has 1 aliphatic rings. The van der Waals surface area contributed by atoms with Gasteiger partial charge in [-0.15, -0.1) is 0 Å². The van der Waals surface area contributed by atoms with E-state index >= 15 is 0 Å². The van der Waals surface area contributed by atoms with E-state index in [-0.39, 0.29) is 0 Å². The SMILES string of the molecule is CCCCC(CC)CCC1(O)OC1(O)CO. The Bertz CT molecular complexity index is 221. The van der Waals surface area contributed by atoms with Crippen LogP contribution in [0.25, 0.3) is 0 Å². The summed E-state index contributed by atoms with van der Waals surface area (Å²) < 4.78 is 4.80. The molecule has 1 fully saturated rings. The lowest BCUT2D eigenvalue weighted by molar-refractivity contribution is -0.0253. The molecule has 1 aliphatic heterocycles. The summed E-state index contributed by atoms with van der Waals surface area (Å²) in [4.78, 5) is 0. The van der Waals surface area contributed by atoms with Gasteiger partial charge in [0.1, 0.15) is 6.61 Å². The molecule has 3 atom stereocenters. The van der Waals surface area contributed by atoms with Gasteiger partial charge in [0.15, 0.2) is 0 Å². The van der Waals surface area contributed by atoms with Gasteiger partial charge in [0.25, 0.3) is 0 Å². The molecule has 1 rings (SSSR count). The predicted molar refractivity (Wildman–Crippen MR) is 60.6 cm³/mol. The average molecular weight is 232 g/mol. The molecular formula is C12H24O4. The molecule has 0 aliphatic carbocycles. The normalized spacial score (nSPS) is 35.1. The second-order valence-electron chi connectivity index (χ2n) is 4.78. The number of rotatable bonds is 8. The lowest BCUT2D eigenvalue weighted by Gasteiger charge is -2.16. The van der Waals surface area contributed by atoms with Gasteiger partial charge in [-0.3, -0.25) is 0 Å². The minimum absolute atomic E-state index is 0.395. The fraction of sp³-hybridized carbons (Fsp3) is 1.00. The van der Waals surface area contributed by atoms with E-state index in [1.807, 2.05) is 0 Å². The largest absolute Gasteiger partial charge is 0.391 e. The Kier molecular flexibility index (Phi) is 4.73. The van der Waals surface area contributed by atoms with E-state index in [0.29, 0.717) is 12.3 Å². The Morgan fingerprint density at radius 2 is 1.81 bits per heavy atom. The van der Waals surface area contributed by atoms with Crippen LogP contribution in [0.5, 0.6) is 0 Å². The molecule has 0 radical (unpaired) electrons. The maximum atomic E-state index is 9.79. The number of epoxide rings is 1. The molecule has 0 amide bonds. The Hall–Kier alpha value is -0.160. The van der Waals surface area contributed by atoms with Crippen LogP contribution in [0, 0.1) is 5.92 Å². The molecule has 0 aromatic heterocycles. The average Bonchev–Trinajstić information content (AvgIpc) is 2.83. The van der Waals surface area contributed by atoms with Gasteiger partial charge < -0.3 is 20.1 Å². The highest BCUT2D eigenvalue weighted by Gasteiger charge is 2.69. The maximum absolute atomic E-state index is 9.79. The first-order valence-electron chi connectivity index (χ1n) is 6.27. The summed E-state index contributed by atoms with van der Waals surface area (Å²) in [6.45, 7) is 3.75. The van der Waals surface area contributed by atoms with Crippen molar-refractivity contribution in [3.05, 3.63) is 0 Å². The van der Waals surface area contributed by atoms with Crippen molar-refractivity contribution in [2.24, 2.45) is 5.92 Å². The Balaban J connectivity index is 2.28. The van der Waals surface area contributed by atoms with Crippen molar-refractivity contribution >= 4 is 0 Å². The summed E-state index contributed by atoms with van der Waals surface area (Å²) >= 11 is 0. The lowest BCUT2D eigenvalue weighted by atomic mass is 9.92. The van der Waals surface area contributed by atoms with E-state index < -0.39 is 18.2 Å². The van der Waals surface area contributed by atoms with Crippen molar-refractivity contribution < 1.29 is 20.1 Å². The quantitative estimate of drug-likeness (QED) is 0.553. The third-order valence-electron chi connectivity index (χ3n) is 3.56. The summed E-state index contributed by atoms with van der Waals surface area (Å²) in [6.07, 6.45) is 5.83. The second-order valence-corrected chi connectivity index (χ2v) is 4.78. The predicted octanol–water partition coefficient (Wildman–Crippen LogP) is 1.38. The fourth-order valence-corrected chi connectivity index (χ4v) is 2.10. The van der Waals surface area contributed by atoms with Gasteiger partial charge in [-0.2, -0.15) is 0 Å². The van der Waals surface area contributed by atoms with Crippen LogP contribution >= 0.6 is 0 Å². The number of unbranched alkanes of at least 4 members (excludes halogenated alkanes) is 1. The zero-order valence-electron chi connectivity index (χ0n) is 10.3. The number of aliphatic hydroxyl groups excluding tert-OH is 1. The molecule has 0 spiro atoms. The fourth-order valence-electron chi connectivity index (χ4n) is 2.10. The Morgan fingerprint density at radius 1 is 1.12 bits per heavy atom. The first kappa shape index (κ1) is 13.9. The van der Waals surface area contributed by atoms with Crippen LogP contribution in [0.1, 0.15) is 52.4 Å². The number of hydrogen-bond donors (Lipinski definition) is 3. The first-order valence-corrected chi connectivity index (χ1v) is 6.27. The number of ether oxygens (including phenoxy) is 1. The zero-order chi connectivity index (χ0) is 12.2. The highest BCUT2D eigenvalue weighted by molar-refractivity contribution is 4.99. The van der Waals surface area contributed by atoms with Crippen LogP contribution in [0.3, 0.4) is 0 Å². The van der Waals surface area contributed by atoms with Crippen molar-refractivity contribution in [2.45, 2.75) is 63.9 Å². The standard InChI is InChI=1S/C12H24O4/c1-3-5-6-10(4-2)7-8-11(14)12(15,9-13)16-11/h10,13-15H,3-9H2,1-2H3. The van der Waals surface area contributed by atoms with Crippen LogP contribution in [-0.2, 0) is 4.74 Å². The molecule has 0 aromatic rings. The van der Waals surface area contributed by atoms with Gasteiger partial charge in [-0.05, 0) is 12.3 Å². The van der Waals surface area contributed by atoms with Crippen LogP contribution in [-0.4, -0.2) is 33.5 Å². The van der Waals surface area contributed by atoms with Gasteiger partial charge in [0.2, 0.25) is 11.6 Å². The molecule has 1 heterocycles. The molecule has 4 nitrogen and oxygen atoms in total. The lowest BCUT2D eigenvalue weighted by Crippen LogP contribution is -2.29. The van der Waals surface area contributed by atoms with Gasteiger partial charge in [0, 0.05) is 6.42 Å². The van der Waals surface area contributed by atoms with Gasteiger partial charge in [-0.1, -0.05) is 39.5 Å². The molecule has 0 bridgehead atoms. The monoisotopic (exact) mass is 232 g/mol. The third kappa shape index (κ3) is 2.94. The molecular weight excluding hydrogens is 208 g/mol. The van der Waals surface area contributed by atoms with E-state index in [1.165, 1.54) is 12.8 Å². The molecule has 3 N–H and O–H groups in total. The number of aliphatic hydroxyl groups is 3. The minimum atomic E-state index is -1.71. The van der Waals surface area contributed by atoms with Crippen LogP contribution < -0.4 is 0 Å². The van der Waals surface area contributed by atoms with Gasteiger partial charge in [0.05, 0.1) is 0 Å². The van der Waals surface area contributed by atoms with Crippen LogP contribution in [0.4, 0.5) is 0 Å². The van der Waals surface area contributed by atoms with Crippen molar-refractivity contribution in [1.82, 2.24) is 0 Å². The Labute approximate surface area is 97.2 Å². The maximum Gasteiger partial charge on any atom is 0.247 e. The summed E-state index contributed by atoms with van der Waals surface area (Å²) in [5.74, 6) is -2.66. The van der Waals surface area contributed by atoms with Crippen molar-refractivity contribution in [3.63, 3.8) is 0 Å². The summed E-state index contributed by atoms with van der Waals surface area (Å²) in [5.41, 5.74) is 0. The molecule has 0 aromatic carbocycles. The number of hydrogen-bond acceptors (Lipinski definition) is 4. The topological polar surface area (TPSA) is 73.2 Å². The summed E-state index contributed by atoms with van der Waals surface area (Å²) in [7, 11) is 0. The van der Waals surface area contributed by atoms with Crippen molar-refractivity contribution in [2.75, 3.05) is 6.61 Å². The Morgan fingerprint density at radius 3 is 2.25 bits per heavy atom. The summed E-state index contributed by atoms with van der Waals surface area (Å²) in [6, 6.07) is 0. The second kappa shape index (κ2) is 5.45. The van der Waals surface area contributed by atoms with Crippen molar-refractivity contribution in [3.8, 4) is 0 Å².